The lowest BCUT2D eigenvalue weighted by atomic mass is 10.2. The molecule has 0 saturated carbocycles. The molecule has 5 nitrogen and oxygen atoms in total. The highest BCUT2D eigenvalue weighted by Crippen LogP contribution is 2.23. The van der Waals surface area contributed by atoms with Gasteiger partial charge in [-0.1, -0.05) is 6.92 Å². The van der Waals surface area contributed by atoms with Gasteiger partial charge in [0.15, 0.2) is 5.69 Å². The quantitative estimate of drug-likeness (QED) is 0.777. The number of aromatic nitrogens is 2. The molecule has 0 fully saturated rings. The summed E-state index contributed by atoms with van der Waals surface area (Å²) in [5.41, 5.74) is 1.80. The van der Waals surface area contributed by atoms with Gasteiger partial charge in [-0.15, -0.1) is 0 Å². The summed E-state index contributed by atoms with van der Waals surface area (Å²) in [4.78, 5) is 21.4. The first-order valence-electron chi connectivity index (χ1n) is 4.94. The molecule has 5 heteroatoms. The normalized spacial score (nSPS) is 15.3. The smallest absolute Gasteiger partial charge is 0.354 e. The standard InChI is InChI=1S/C10H13N3O2/c1-3-13-4-7-8(5-13)11-6(2)12-9(7)10(14)15/h3-5H2,1-2H3,(H,14,15). The molecule has 0 unspecified atom stereocenters. The van der Waals surface area contributed by atoms with Crippen molar-refractivity contribution in [1.29, 1.82) is 0 Å². The molecule has 80 valence electrons. The molecule has 0 atom stereocenters. The zero-order valence-corrected chi connectivity index (χ0v) is 8.82. The number of carboxylic acid groups (broad SMARTS) is 1. The van der Waals surface area contributed by atoms with E-state index in [-0.39, 0.29) is 5.69 Å². The van der Waals surface area contributed by atoms with Crippen molar-refractivity contribution in [2.45, 2.75) is 26.9 Å². The van der Waals surface area contributed by atoms with Crippen molar-refractivity contribution in [1.82, 2.24) is 14.9 Å². The van der Waals surface area contributed by atoms with E-state index < -0.39 is 5.97 Å². The second kappa shape index (κ2) is 3.58. The lowest BCUT2D eigenvalue weighted by Gasteiger charge is -2.09. The van der Waals surface area contributed by atoms with Gasteiger partial charge in [0, 0.05) is 18.7 Å². The minimum Gasteiger partial charge on any atom is -0.476 e. The molecule has 0 amide bonds. The average molecular weight is 207 g/mol. The van der Waals surface area contributed by atoms with Crippen LogP contribution in [-0.4, -0.2) is 32.5 Å². The highest BCUT2D eigenvalue weighted by molar-refractivity contribution is 5.87. The van der Waals surface area contributed by atoms with Crippen molar-refractivity contribution in [3.05, 3.63) is 22.8 Å². The highest BCUT2D eigenvalue weighted by atomic mass is 16.4. The van der Waals surface area contributed by atoms with Crippen molar-refractivity contribution >= 4 is 5.97 Å². The molecule has 0 spiro atoms. The zero-order valence-electron chi connectivity index (χ0n) is 8.82. The molecular weight excluding hydrogens is 194 g/mol. The van der Waals surface area contributed by atoms with Gasteiger partial charge in [-0.05, 0) is 13.5 Å². The number of aryl methyl sites for hydroxylation is 1. The molecule has 0 radical (unpaired) electrons. The highest BCUT2D eigenvalue weighted by Gasteiger charge is 2.26. The molecule has 1 aliphatic heterocycles. The predicted octanol–water partition coefficient (Wildman–Crippen LogP) is 0.819. The van der Waals surface area contributed by atoms with Gasteiger partial charge in [-0.25, -0.2) is 14.8 Å². The third-order valence-electron chi connectivity index (χ3n) is 2.61. The Kier molecular flexibility index (Phi) is 2.40. The second-order valence-corrected chi connectivity index (χ2v) is 3.65. The van der Waals surface area contributed by atoms with E-state index in [0.29, 0.717) is 12.4 Å². The Bertz CT molecular complexity index is 417. The fourth-order valence-corrected chi connectivity index (χ4v) is 1.84. The van der Waals surface area contributed by atoms with Gasteiger partial charge >= 0.3 is 5.97 Å². The van der Waals surface area contributed by atoms with E-state index in [0.717, 1.165) is 24.3 Å². The lowest BCUT2D eigenvalue weighted by molar-refractivity contribution is 0.0688. The van der Waals surface area contributed by atoms with Gasteiger partial charge in [-0.2, -0.15) is 0 Å². The van der Waals surface area contributed by atoms with Crippen LogP contribution >= 0.6 is 0 Å². The molecule has 1 aliphatic rings. The van der Waals surface area contributed by atoms with E-state index >= 15 is 0 Å². The zero-order chi connectivity index (χ0) is 11.0. The van der Waals surface area contributed by atoms with Gasteiger partial charge < -0.3 is 5.11 Å². The first-order chi connectivity index (χ1) is 7.11. The topological polar surface area (TPSA) is 66.3 Å². The molecule has 0 bridgehead atoms. The molecule has 2 rings (SSSR count). The molecule has 0 aliphatic carbocycles. The minimum absolute atomic E-state index is 0.161. The Hall–Kier alpha value is -1.49. The van der Waals surface area contributed by atoms with E-state index in [9.17, 15) is 4.79 Å². The van der Waals surface area contributed by atoms with E-state index in [1.807, 2.05) is 6.92 Å². The van der Waals surface area contributed by atoms with Crippen LogP contribution in [0.25, 0.3) is 0 Å². The van der Waals surface area contributed by atoms with Crippen molar-refractivity contribution < 1.29 is 9.90 Å². The Morgan fingerprint density at radius 1 is 1.47 bits per heavy atom. The maximum atomic E-state index is 11.0. The minimum atomic E-state index is -0.963. The fourth-order valence-electron chi connectivity index (χ4n) is 1.84. The number of hydrogen-bond acceptors (Lipinski definition) is 4. The van der Waals surface area contributed by atoms with Gasteiger partial charge in [0.25, 0.3) is 0 Å². The van der Waals surface area contributed by atoms with Gasteiger partial charge in [0.2, 0.25) is 0 Å². The average Bonchev–Trinajstić information content (AvgIpc) is 2.58. The van der Waals surface area contributed by atoms with Crippen LogP contribution < -0.4 is 0 Å². The van der Waals surface area contributed by atoms with Gasteiger partial charge in [0.05, 0.1) is 5.69 Å². The van der Waals surface area contributed by atoms with Crippen LogP contribution in [0.4, 0.5) is 0 Å². The summed E-state index contributed by atoms with van der Waals surface area (Å²) < 4.78 is 0. The Morgan fingerprint density at radius 2 is 2.20 bits per heavy atom. The SMILES string of the molecule is CCN1Cc2nc(C)nc(C(=O)O)c2C1. The first-order valence-corrected chi connectivity index (χ1v) is 4.94. The summed E-state index contributed by atoms with van der Waals surface area (Å²) in [5.74, 6) is -0.432. The summed E-state index contributed by atoms with van der Waals surface area (Å²) in [5, 5.41) is 9.02. The molecule has 1 N–H and O–H groups in total. The van der Waals surface area contributed by atoms with E-state index in [1.165, 1.54) is 0 Å². The largest absolute Gasteiger partial charge is 0.476 e. The van der Waals surface area contributed by atoms with Gasteiger partial charge in [-0.3, -0.25) is 4.90 Å². The molecule has 1 aromatic rings. The summed E-state index contributed by atoms with van der Waals surface area (Å²) in [7, 11) is 0. The van der Waals surface area contributed by atoms with Crippen molar-refractivity contribution in [2.75, 3.05) is 6.54 Å². The number of fused-ring (bicyclic) bond motifs is 1. The van der Waals surface area contributed by atoms with Crippen molar-refractivity contribution in [2.24, 2.45) is 0 Å². The summed E-state index contributed by atoms with van der Waals surface area (Å²) >= 11 is 0. The molecule has 2 heterocycles. The van der Waals surface area contributed by atoms with Crippen LogP contribution in [0, 0.1) is 6.92 Å². The molecule has 0 saturated heterocycles. The van der Waals surface area contributed by atoms with Crippen LogP contribution in [-0.2, 0) is 13.1 Å². The summed E-state index contributed by atoms with van der Waals surface area (Å²) in [6.45, 7) is 6.05. The number of hydrogen-bond donors (Lipinski definition) is 1. The lowest BCUT2D eigenvalue weighted by Crippen LogP contribution is -2.15. The number of carbonyl (C=O) groups is 1. The number of aromatic carboxylic acids is 1. The van der Waals surface area contributed by atoms with E-state index in [4.69, 9.17) is 5.11 Å². The van der Waals surface area contributed by atoms with Crippen LogP contribution in [0.2, 0.25) is 0 Å². The van der Waals surface area contributed by atoms with E-state index in [2.05, 4.69) is 14.9 Å². The first kappa shape index (κ1) is 10.0. The third kappa shape index (κ3) is 1.70. The number of rotatable bonds is 2. The molecule has 15 heavy (non-hydrogen) atoms. The maximum absolute atomic E-state index is 11.0. The van der Waals surface area contributed by atoms with Gasteiger partial charge in [0.1, 0.15) is 5.82 Å². The predicted molar refractivity (Wildman–Crippen MR) is 53.5 cm³/mol. The fraction of sp³-hybridized carbons (Fsp3) is 0.500. The van der Waals surface area contributed by atoms with Crippen LogP contribution in [0.3, 0.4) is 0 Å². The second-order valence-electron chi connectivity index (χ2n) is 3.65. The van der Waals surface area contributed by atoms with Crippen LogP contribution in [0.5, 0.6) is 0 Å². The van der Waals surface area contributed by atoms with Crippen LogP contribution in [0.1, 0.15) is 34.5 Å². The molecule has 0 aromatic carbocycles. The summed E-state index contributed by atoms with van der Waals surface area (Å²) in [6.07, 6.45) is 0. The Labute approximate surface area is 87.8 Å². The van der Waals surface area contributed by atoms with Crippen molar-refractivity contribution in [3.8, 4) is 0 Å². The van der Waals surface area contributed by atoms with Crippen LogP contribution in [0.15, 0.2) is 0 Å². The summed E-state index contributed by atoms with van der Waals surface area (Å²) in [6, 6.07) is 0. The Balaban J connectivity index is 2.48. The maximum Gasteiger partial charge on any atom is 0.354 e. The number of nitrogens with zero attached hydrogens (tertiary/aromatic N) is 3. The number of carboxylic acids is 1. The Morgan fingerprint density at radius 3 is 2.80 bits per heavy atom. The van der Waals surface area contributed by atoms with Crippen molar-refractivity contribution in [3.63, 3.8) is 0 Å². The third-order valence-corrected chi connectivity index (χ3v) is 2.61. The molecule has 1 aromatic heterocycles. The van der Waals surface area contributed by atoms with E-state index in [1.54, 1.807) is 6.92 Å². The monoisotopic (exact) mass is 207 g/mol. The molecular formula is C10H13N3O2.